The zero-order valence-electron chi connectivity index (χ0n) is 20.9. The lowest BCUT2D eigenvalue weighted by molar-refractivity contribution is -0.175. The number of carbonyl (C=O) groups excluding carboxylic acids is 1. The first-order chi connectivity index (χ1) is 16.5. The Kier molecular flexibility index (Phi) is 7.97. The molecular formula is C30H35F2NO2. The number of ketones is 1. The second kappa shape index (κ2) is 10.4. The van der Waals surface area contributed by atoms with Gasteiger partial charge in [-0.25, -0.2) is 8.78 Å². The predicted molar refractivity (Wildman–Crippen MR) is 134 cm³/mol. The summed E-state index contributed by atoms with van der Waals surface area (Å²) in [6.07, 6.45) is 4.88. The van der Waals surface area contributed by atoms with E-state index in [0.717, 1.165) is 38.7 Å². The molecule has 1 N–H and O–H groups in total. The molecule has 2 aromatic rings. The molecule has 2 aromatic carbocycles. The molecule has 0 amide bonds. The first-order valence-corrected chi connectivity index (χ1v) is 12.4. The first kappa shape index (κ1) is 26.8. The molecule has 186 valence electrons. The first-order valence-electron chi connectivity index (χ1n) is 12.4. The third-order valence-corrected chi connectivity index (χ3v) is 8.19. The number of allylic oxidation sites excluding steroid dienone is 1. The van der Waals surface area contributed by atoms with Crippen molar-refractivity contribution in [2.45, 2.75) is 76.7 Å². The molecule has 0 saturated heterocycles. The maximum Gasteiger partial charge on any atom is 0.283 e. The number of hydrogen-bond donors (Lipinski definition) is 1. The normalized spacial score (nSPS) is 21.9. The molecule has 0 unspecified atom stereocenters. The Hall–Kier alpha value is -2.84. The zero-order chi connectivity index (χ0) is 25.9. The molecular weight excluding hydrogens is 444 g/mol. The molecule has 0 aromatic heterocycles. The quantitative estimate of drug-likeness (QED) is 0.298. The molecule has 35 heavy (non-hydrogen) atoms. The van der Waals surface area contributed by atoms with Crippen molar-refractivity contribution in [2.24, 2.45) is 11.3 Å². The van der Waals surface area contributed by atoms with Gasteiger partial charge in [-0.05, 0) is 74.1 Å². The number of Topliss-reactive ketones (excluding diaryl/α,β-unsaturated/α-hetero) is 1. The van der Waals surface area contributed by atoms with Gasteiger partial charge in [0.2, 0.25) is 0 Å². The number of carbonyl (C=O) groups is 1. The van der Waals surface area contributed by atoms with E-state index in [2.05, 4.69) is 18.7 Å². The van der Waals surface area contributed by atoms with Gasteiger partial charge in [0, 0.05) is 17.4 Å². The van der Waals surface area contributed by atoms with Gasteiger partial charge in [0.25, 0.3) is 5.92 Å². The molecule has 0 bridgehead atoms. The number of aliphatic hydroxyl groups is 1. The molecule has 0 spiro atoms. The minimum atomic E-state index is -3.37. The van der Waals surface area contributed by atoms with E-state index in [1.807, 2.05) is 32.0 Å². The van der Waals surface area contributed by atoms with Gasteiger partial charge in [-0.1, -0.05) is 56.3 Å². The van der Waals surface area contributed by atoms with E-state index < -0.39 is 23.4 Å². The summed E-state index contributed by atoms with van der Waals surface area (Å²) in [4.78, 5) is 13.6. The number of rotatable bonds is 9. The van der Waals surface area contributed by atoms with Crippen LogP contribution in [-0.4, -0.2) is 16.8 Å². The maximum atomic E-state index is 14.4. The van der Waals surface area contributed by atoms with Crippen LogP contribution in [0.15, 0.2) is 61.2 Å². The largest absolute Gasteiger partial charge is 0.379 e. The van der Waals surface area contributed by atoms with Crippen LogP contribution >= 0.6 is 0 Å². The van der Waals surface area contributed by atoms with Gasteiger partial charge in [-0.2, -0.15) is 5.26 Å². The Bertz CT molecular complexity index is 1090. The highest BCUT2D eigenvalue weighted by Crippen LogP contribution is 2.47. The summed E-state index contributed by atoms with van der Waals surface area (Å²) in [5.74, 6) is -2.76. The fourth-order valence-electron chi connectivity index (χ4n) is 5.43. The number of alkyl halides is 2. The monoisotopic (exact) mass is 479 g/mol. The molecule has 1 saturated carbocycles. The third kappa shape index (κ3) is 5.23. The molecule has 5 heteroatoms. The highest BCUT2D eigenvalue weighted by molar-refractivity contribution is 6.00. The number of nitriles is 1. The minimum absolute atomic E-state index is 0.0129. The van der Waals surface area contributed by atoms with E-state index in [0.29, 0.717) is 23.5 Å². The second-order valence-corrected chi connectivity index (χ2v) is 10.2. The average molecular weight is 480 g/mol. The molecule has 3 nitrogen and oxygen atoms in total. The van der Waals surface area contributed by atoms with Crippen molar-refractivity contribution in [3.8, 4) is 6.07 Å². The zero-order valence-corrected chi connectivity index (χ0v) is 20.9. The molecule has 1 aliphatic rings. The SMILES string of the molecule is C=CCC(F)(F)[C@@](C)(O)c1ccc(C(=O)[C@](C)(CC)C2CCC(c3cccc(C#N)c3)CC2)cc1. The summed E-state index contributed by atoms with van der Waals surface area (Å²) < 4.78 is 28.9. The van der Waals surface area contributed by atoms with Crippen LogP contribution in [-0.2, 0) is 5.60 Å². The van der Waals surface area contributed by atoms with Crippen LogP contribution in [0.5, 0.6) is 0 Å². The van der Waals surface area contributed by atoms with Gasteiger partial charge < -0.3 is 5.11 Å². The number of halogens is 2. The predicted octanol–water partition coefficient (Wildman–Crippen LogP) is 7.55. The minimum Gasteiger partial charge on any atom is -0.379 e. The summed E-state index contributed by atoms with van der Waals surface area (Å²) >= 11 is 0. The Labute approximate surface area is 207 Å². The molecule has 0 radical (unpaired) electrons. The average Bonchev–Trinajstić information content (AvgIpc) is 2.87. The molecule has 1 fully saturated rings. The summed E-state index contributed by atoms with van der Waals surface area (Å²) in [6, 6.07) is 16.0. The van der Waals surface area contributed by atoms with Crippen LogP contribution in [0, 0.1) is 22.7 Å². The van der Waals surface area contributed by atoms with Crippen LogP contribution < -0.4 is 0 Å². The van der Waals surface area contributed by atoms with Crippen molar-refractivity contribution in [3.05, 3.63) is 83.4 Å². The van der Waals surface area contributed by atoms with E-state index in [9.17, 15) is 23.9 Å². The van der Waals surface area contributed by atoms with Crippen molar-refractivity contribution in [1.82, 2.24) is 0 Å². The van der Waals surface area contributed by atoms with Crippen molar-refractivity contribution in [3.63, 3.8) is 0 Å². The van der Waals surface area contributed by atoms with Gasteiger partial charge in [0.15, 0.2) is 11.4 Å². The number of nitrogens with zero attached hydrogens (tertiary/aromatic N) is 1. The smallest absolute Gasteiger partial charge is 0.283 e. The van der Waals surface area contributed by atoms with E-state index in [1.54, 1.807) is 12.1 Å². The van der Waals surface area contributed by atoms with Crippen molar-refractivity contribution in [1.29, 1.82) is 5.26 Å². The van der Waals surface area contributed by atoms with Gasteiger partial charge >= 0.3 is 0 Å². The number of benzene rings is 2. The highest BCUT2D eigenvalue weighted by Gasteiger charge is 2.49. The summed E-state index contributed by atoms with van der Waals surface area (Å²) in [6.45, 7) is 8.48. The highest BCUT2D eigenvalue weighted by atomic mass is 19.3. The summed E-state index contributed by atoms with van der Waals surface area (Å²) in [5, 5.41) is 19.7. The van der Waals surface area contributed by atoms with Crippen LogP contribution in [0.1, 0.15) is 92.3 Å². The Morgan fingerprint density at radius 2 is 1.77 bits per heavy atom. The van der Waals surface area contributed by atoms with Gasteiger partial charge in [0.1, 0.15) is 0 Å². The topological polar surface area (TPSA) is 61.1 Å². The fraction of sp³-hybridized carbons (Fsp3) is 0.467. The van der Waals surface area contributed by atoms with Gasteiger partial charge in [-0.15, -0.1) is 6.58 Å². The lowest BCUT2D eigenvalue weighted by Gasteiger charge is -2.40. The van der Waals surface area contributed by atoms with Crippen LogP contribution in [0.25, 0.3) is 0 Å². The Morgan fingerprint density at radius 3 is 2.31 bits per heavy atom. The fourth-order valence-corrected chi connectivity index (χ4v) is 5.43. The summed E-state index contributed by atoms with van der Waals surface area (Å²) in [7, 11) is 0. The van der Waals surface area contributed by atoms with Gasteiger partial charge in [0.05, 0.1) is 11.6 Å². The molecule has 3 rings (SSSR count). The van der Waals surface area contributed by atoms with Gasteiger partial charge in [-0.3, -0.25) is 4.79 Å². The lowest BCUT2D eigenvalue weighted by atomic mass is 9.63. The maximum absolute atomic E-state index is 14.4. The van der Waals surface area contributed by atoms with Crippen LogP contribution in [0.3, 0.4) is 0 Å². The second-order valence-electron chi connectivity index (χ2n) is 10.2. The third-order valence-electron chi connectivity index (χ3n) is 8.19. The Morgan fingerprint density at radius 1 is 1.14 bits per heavy atom. The lowest BCUT2D eigenvalue weighted by Crippen LogP contribution is -2.42. The molecule has 0 aliphatic heterocycles. The van der Waals surface area contributed by atoms with E-state index in [4.69, 9.17) is 0 Å². The Balaban J connectivity index is 1.75. The van der Waals surface area contributed by atoms with Crippen molar-refractivity contribution < 1.29 is 18.7 Å². The molecule has 2 atom stereocenters. The van der Waals surface area contributed by atoms with Crippen LogP contribution in [0.2, 0.25) is 0 Å². The standard InChI is InChI=1S/C30H35F2NO2/c1-5-18-30(31,32)29(4,35)26-16-12-23(13-17-26)27(34)28(3,6-2)25-14-10-22(11-15-25)24-9-7-8-21(19-24)20-33/h5,7-9,12-13,16-17,19,22,25,35H,1,6,10-11,14-15,18H2,2-4H3/t22?,25?,28-,29+/m1/s1. The molecule has 0 heterocycles. The van der Waals surface area contributed by atoms with E-state index in [1.165, 1.54) is 17.7 Å². The molecule has 1 aliphatic carbocycles. The van der Waals surface area contributed by atoms with Crippen molar-refractivity contribution >= 4 is 5.78 Å². The van der Waals surface area contributed by atoms with Crippen LogP contribution in [0.4, 0.5) is 8.78 Å². The van der Waals surface area contributed by atoms with E-state index in [-0.39, 0.29) is 17.3 Å². The van der Waals surface area contributed by atoms with E-state index >= 15 is 0 Å². The number of hydrogen-bond acceptors (Lipinski definition) is 3. The summed E-state index contributed by atoms with van der Waals surface area (Å²) in [5.41, 5.74) is -0.524. The van der Waals surface area contributed by atoms with Crippen molar-refractivity contribution in [2.75, 3.05) is 0 Å².